The fraction of sp³-hybridized carbons (Fsp3) is 0.400. The molecule has 0 aromatic carbocycles. The van der Waals surface area contributed by atoms with E-state index in [0.717, 1.165) is 18.4 Å². The lowest BCUT2D eigenvalue weighted by Crippen LogP contribution is -2.32. The smallest absolute Gasteiger partial charge is 0.184 e. The van der Waals surface area contributed by atoms with Gasteiger partial charge in [0.2, 0.25) is 0 Å². The Morgan fingerprint density at radius 3 is 2.77 bits per heavy atom. The van der Waals surface area contributed by atoms with Crippen LogP contribution < -0.4 is 5.73 Å². The summed E-state index contributed by atoms with van der Waals surface area (Å²) < 4.78 is 0. The molecule has 1 aliphatic rings. The highest BCUT2D eigenvalue weighted by atomic mass is 16.1. The first kappa shape index (κ1) is 8.38. The Labute approximate surface area is 77.0 Å². The van der Waals surface area contributed by atoms with Crippen LogP contribution in [0.1, 0.15) is 28.8 Å². The molecule has 0 radical (unpaired) electrons. The number of carbonyl (C=O) groups excluding carboxylic acids is 1. The molecule has 1 fully saturated rings. The first-order valence-electron chi connectivity index (χ1n) is 4.37. The molecule has 0 bridgehead atoms. The molecule has 0 amide bonds. The van der Waals surface area contributed by atoms with Gasteiger partial charge in [0.1, 0.15) is 0 Å². The van der Waals surface area contributed by atoms with Crippen molar-refractivity contribution in [3.05, 3.63) is 29.6 Å². The fourth-order valence-corrected chi connectivity index (χ4v) is 1.33. The van der Waals surface area contributed by atoms with Gasteiger partial charge in [-0.2, -0.15) is 0 Å². The van der Waals surface area contributed by atoms with Crippen molar-refractivity contribution in [2.24, 2.45) is 5.73 Å². The number of ketones is 1. The van der Waals surface area contributed by atoms with Gasteiger partial charge in [0.15, 0.2) is 5.78 Å². The third kappa shape index (κ3) is 1.47. The van der Waals surface area contributed by atoms with Crippen molar-refractivity contribution in [3.63, 3.8) is 0 Å². The topological polar surface area (TPSA) is 56.0 Å². The van der Waals surface area contributed by atoms with E-state index in [1.54, 1.807) is 12.4 Å². The van der Waals surface area contributed by atoms with Gasteiger partial charge in [0, 0.05) is 18.0 Å². The summed E-state index contributed by atoms with van der Waals surface area (Å²) in [7, 11) is 0. The van der Waals surface area contributed by atoms with Crippen LogP contribution in [0.25, 0.3) is 0 Å². The molecule has 13 heavy (non-hydrogen) atoms. The Bertz CT molecular complexity index is 356. The molecule has 0 unspecified atom stereocenters. The number of nitrogens with two attached hydrogens (primary N) is 1. The molecule has 1 aliphatic carbocycles. The maximum Gasteiger partial charge on any atom is 0.184 e. The van der Waals surface area contributed by atoms with Gasteiger partial charge < -0.3 is 5.73 Å². The fourth-order valence-electron chi connectivity index (χ4n) is 1.33. The first-order valence-corrected chi connectivity index (χ1v) is 4.37. The van der Waals surface area contributed by atoms with E-state index < -0.39 is 5.54 Å². The third-order valence-corrected chi connectivity index (χ3v) is 2.38. The largest absolute Gasteiger partial charge is 0.319 e. The van der Waals surface area contributed by atoms with Crippen molar-refractivity contribution >= 4 is 5.78 Å². The minimum atomic E-state index is -0.574. The number of rotatable bonds is 2. The SMILES string of the molecule is Cc1cncc(C(=O)C2(N)CC2)c1. The van der Waals surface area contributed by atoms with Gasteiger partial charge in [0.05, 0.1) is 5.54 Å². The minimum absolute atomic E-state index is 0.0312. The Kier molecular flexibility index (Phi) is 1.70. The van der Waals surface area contributed by atoms with Crippen LogP contribution in [0.3, 0.4) is 0 Å². The second-order valence-electron chi connectivity index (χ2n) is 3.74. The molecule has 1 heterocycles. The molecule has 3 heteroatoms. The van der Waals surface area contributed by atoms with E-state index in [1.165, 1.54) is 0 Å². The molecule has 2 N–H and O–H groups in total. The summed E-state index contributed by atoms with van der Waals surface area (Å²) in [6.07, 6.45) is 4.93. The monoisotopic (exact) mass is 176 g/mol. The molecule has 1 aromatic rings. The van der Waals surface area contributed by atoms with Crippen molar-refractivity contribution in [1.82, 2.24) is 4.98 Å². The minimum Gasteiger partial charge on any atom is -0.319 e. The van der Waals surface area contributed by atoms with Gasteiger partial charge >= 0.3 is 0 Å². The second-order valence-corrected chi connectivity index (χ2v) is 3.74. The van der Waals surface area contributed by atoms with E-state index in [2.05, 4.69) is 4.98 Å². The third-order valence-electron chi connectivity index (χ3n) is 2.38. The summed E-state index contributed by atoms with van der Waals surface area (Å²) in [5, 5.41) is 0. The van der Waals surface area contributed by atoms with Crippen LogP contribution in [0.2, 0.25) is 0 Å². The Morgan fingerprint density at radius 1 is 1.54 bits per heavy atom. The van der Waals surface area contributed by atoms with E-state index in [0.29, 0.717) is 5.56 Å². The molecule has 0 atom stereocenters. The second kappa shape index (κ2) is 2.64. The highest BCUT2D eigenvalue weighted by Crippen LogP contribution is 2.35. The molecule has 0 saturated heterocycles. The van der Waals surface area contributed by atoms with Gasteiger partial charge in [-0.25, -0.2) is 0 Å². The summed E-state index contributed by atoms with van der Waals surface area (Å²) in [6, 6.07) is 1.84. The van der Waals surface area contributed by atoms with E-state index in [9.17, 15) is 4.79 Å². The maximum atomic E-state index is 11.7. The van der Waals surface area contributed by atoms with E-state index in [4.69, 9.17) is 5.73 Å². The van der Waals surface area contributed by atoms with Crippen LogP contribution >= 0.6 is 0 Å². The average molecular weight is 176 g/mol. The van der Waals surface area contributed by atoms with Crippen molar-refractivity contribution in [3.8, 4) is 0 Å². The standard InChI is InChI=1S/C10H12N2O/c1-7-4-8(6-12-5-7)9(13)10(11)2-3-10/h4-6H,2-3,11H2,1H3. The summed E-state index contributed by atoms with van der Waals surface area (Å²) in [4.78, 5) is 15.7. The predicted octanol–water partition coefficient (Wildman–Crippen LogP) is 1.06. The summed E-state index contributed by atoms with van der Waals surface area (Å²) in [5.41, 5.74) is 6.86. The highest BCUT2D eigenvalue weighted by Gasteiger charge is 2.46. The van der Waals surface area contributed by atoms with Gasteiger partial charge in [-0.1, -0.05) is 0 Å². The molecule has 0 spiro atoms. The lowest BCUT2D eigenvalue weighted by Gasteiger charge is -2.06. The number of hydrogen-bond acceptors (Lipinski definition) is 3. The Balaban J connectivity index is 2.30. The van der Waals surface area contributed by atoms with Gasteiger partial charge in [-0.05, 0) is 31.4 Å². The lowest BCUT2D eigenvalue weighted by atomic mass is 10.0. The summed E-state index contributed by atoms with van der Waals surface area (Å²) >= 11 is 0. The molecular formula is C10H12N2O. The van der Waals surface area contributed by atoms with E-state index >= 15 is 0 Å². The number of aromatic nitrogens is 1. The van der Waals surface area contributed by atoms with E-state index in [1.807, 2.05) is 13.0 Å². The number of hydrogen-bond donors (Lipinski definition) is 1. The zero-order chi connectivity index (χ0) is 9.47. The van der Waals surface area contributed by atoms with Crippen LogP contribution in [0.4, 0.5) is 0 Å². The van der Waals surface area contributed by atoms with Crippen molar-refractivity contribution in [2.45, 2.75) is 25.3 Å². The van der Waals surface area contributed by atoms with Gasteiger partial charge in [-0.3, -0.25) is 9.78 Å². The Hall–Kier alpha value is -1.22. The molecule has 2 rings (SSSR count). The maximum absolute atomic E-state index is 11.7. The number of Topliss-reactive ketones (excluding diaryl/α,β-unsaturated/α-hetero) is 1. The zero-order valence-electron chi connectivity index (χ0n) is 7.58. The van der Waals surface area contributed by atoms with Crippen LogP contribution in [0, 0.1) is 6.92 Å². The Morgan fingerprint density at radius 2 is 2.23 bits per heavy atom. The number of nitrogens with zero attached hydrogens (tertiary/aromatic N) is 1. The normalized spacial score (nSPS) is 18.3. The number of carbonyl (C=O) groups is 1. The molecular weight excluding hydrogens is 164 g/mol. The van der Waals surface area contributed by atoms with Crippen LogP contribution in [0.5, 0.6) is 0 Å². The average Bonchev–Trinajstić information content (AvgIpc) is 2.84. The molecule has 68 valence electrons. The lowest BCUT2D eigenvalue weighted by molar-refractivity contribution is 0.0949. The van der Waals surface area contributed by atoms with Gasteiger partial charge in [-0.15, -0.1) is 0 Å². The predicted molar refractivity (Wildman–Crippen MR) is 49.5 cm³/mol. The molecule has 0 aliphatic heterocycles. The molecule has 1 saturated carbocycles. The van der Waals surface area contributed by atoms with Crippen molar-refractivity contribution in [1.29, 1.82) is 0 Å². The first-order chi connectivity index (χ1) is 6.12. The number of aryl methyl sites for hydroxylation is 1. The number of pyridine rings is 1. The van der Waals surface area contributed by atoms with Crippen LogP contribution in [0.15, 0.2) is 18.5 Å². The van der Waals surface area contributed by atoms with Crippen LogP contribution in [-0.2, 0) is 0 Å². The highest BCUT2D eigenvalue weighted by molar-refractivity contribution is 6.04. The van der Waals surface area contributed by atoms with Crippen molar-refractivity contribution < 1.29 is 4.79 Å². The molecule has 3 nitrogen and oxygen atoms in total. The zero-order valence-corrected chi connectivity index (χ0v) is 7.58. The quantitative estimate of drug-likeness (QED) is 0.685. The summed E-state index contributed by atoms with van der Waals surface area (Å²) in [6.45, 7) is 1.92. The molecule has 1 aromatic heterocycles. The van der Waals surface area contributed by atoms with Crippen LogP contribution in [-0.4, -0.2) is 16.3 Å². The van der Waals surface area contributed by atoms with Gasteiger partial charge in [0.25, 0.3) is 0 Å². The van der Waals surface area contributed by atoms with E-state index in [-0.39, 0.29) is 5.78 Å². The van der Waals surface area contributed by atoms with Crippen molar-refractivity contribution in [2.75, 3.05) is 0 Å². The summed E-state index contributed by atoms with van der Waals surface area (Å²) in [5.74, 6) is 0.0312.